The summed E-state index contributed by atoms with van der Waals surface area (Å²) in [7, 11) is 0. The van der Waals surface area contributed by atoms with Crippen LogP contribution in [0, 0.1) is 0 Å². The van der Waals surface area contributed by atoms with Crippen LogP contribution in [0.4, 0.5) is 0 Å². The van der Waals surface area contributed by atoms with Gasteiger partial charge in [0.2, 0.25) is 5.89 Å². The van der Waals surface area contributed by atoms with E-state index < -0.39 is 0 Å². The van der Waals surface area contributed by atoms with Crippen molar-refractivity contribution in [1.29, 1.82) is 0 Å². The van der Waals surface area contributed by atoms with Crippen molar-refractivity contribution in [3.8, 4) is 45.6 Å². The Morgan fingerprint density at radius 3 is 1.73 bits per heavy atom. The minimum atomic E-state index is 0.641. The summed E-state index contributed by atoms with van der Waals surface area (Å²) in [5.74, 6) is 2.59. The molecule has 5 nitrogen and oxygen atoms in total. The molecule has 0 N–H and O–H groups in total. The Bertz CT molecular complexity index is 2430. The van der Waals surface area contributed by atoms with Crippen molar-refractivity contribution >= 4 is 53.4 Å². The monoisotopic (exact) mass is 582 g/mol. The second-order valence-electron chi connectivity index (χ2n) is 10.7. The fourth-order valence-corrected chi connectivity index (χ4v) is 7.03. The van der Waals surface area contributed by atoms with Gasteiger partial charge < -0.3 is 4.42 Å². The first kappa shape index (κ1) is 24.8. The fraction of sp³-hybridized carbons (Fsp3) is 0. The molecule has 0 atom stereocenters. The lowest BCUT2D eigenvalue weighted by molar-refractivity contribution is 0.623. The molecule has 44 heavy (non-hydrogen) atoms. The first-order valence-corrected chi connectivity index (χ1v) is 15.2. The van der Waals surface area contributed by atoms with E-state index in [4.69, 9.17) is 24.4 Å². The van der Waals surface area contributed by atoms with Gasteiger partial charge >= 0.3 is 0 Å². The molecular formula is C38H22N4OS. The third kappa shape index (κ3) is 4.07. The SMILES string of the molecule is c1ccc(-c2nc(-c3ccccc3)nc(-c3ccc4c(ccc5sc6c(ccc7nc(-c8ccccc8)oc76)c54)c3)n2)cc1. The van der Waals surface area contributed by atoms with Crippen LogP contribution in [-0.2, 0) is 0 Å². The van der Waals surface area contributed by atoms with Crippen LogP contribution in [0.3, 0.4) is 0 Å². The summed E-state index contributed by atoms with van der Waals surface area (Å²) in [5.41, 5.74) is 5.52. The highest BCUT2D eigenvalue weighted by Gasteiger charge is 2.18. The first-order valence-electron chi connectivity index (χ1n) is 14.4. The van der Waals surface area contributed by atoms with Gasteiger partial charge in [0.15, 0.2) is 23.1 Å². The summed E-state index contributed by atoms with van der Waals surface area (Å²) in [5, 5.41) is 4.70. The van der Waals surface area contributed by atoms with Crippen LogP contribution in [0.15, 0.2) is 138 Å². The quantitative estimate of drug-likeness (QED) is 0.207. The maximum atomic E-state index is 6.36. The molecule has 0 radical (unpaired) electrons. The van der Waals surface area contributed by atoms with Crippen LogP contribution in [0.1, 0.15) is 0 Å². The molecule has 3 heterocycles. The van der Waals surface area contributed by atoms with Gasteiger partial charge in [0, 0.05) is 37.7 Å². The molecule has 0 bridgehead atoms. The van der Waals surface area contributed by atoms with E-state index >= 15 is 0 Å². The molecule has 9 aromatic rings. The lowest BCUT2D eigenvalue weighted by atomic mass is 10.0. The van der Waals surface area contributed by atoms with E-state index in [0.717, 1.165) is 43.4 Å². The van der Waals surface area contributed by atoms with E-state index in [1.165, 1.54) is 20.9 Å². The number of oxazole rings is 1. The molecule has 0 saturated carbocycles. The normalized spacial score (nSPS) is 11.6. The topological polar surface area (TPSA) is 64.7 Å². The number of nitrogens with zero attached hydrogens (tertiary/aromatic N) is 4. The lowest BCUT2D eigenvalue weighted by Crippen LogP contribution is -2.00. The zero-order valence-corrected chi connectivity index (χ0v) is 24.1. The first-order chi connectivity index (χ1) is 21.8. The van der Waals surface area contributed by atoms with Gasteiger partial charge in [0.05, 0.1) is 4.70 Å². The highest BCUT2D eigenvalue weighted by atomic mass is 32.1. The Hall–Kier alpha value is -5.72. The van der Waals surface area contributed by atoms with Crippen molar-refractivity contribution in [2.24, 2.45) is 0 Å². The Labute approximate surface area is 256 Å². The summed E-state index contributed by atoms with van der Waals surface area (Å²) in [6.45, 7) is 0. The van der Waals surface area contributed by atoms with Gasteiger partial charge in [-0.15, -0.1) is 11.3 Å². The molecule has 0 unspecified atom stereocenters. The molecule has 6 aromatic carbocycles. The molecular weight excluding hydrogens is 561 g/mol. The maximum Gasteiger partial charge on any atom is 0.227 e. The Kier molecular flexibility index (Phi) is 5.61. The molecule has 0 spiro atoms. The second-order valence-corrected chi connectivity index (χ2v) is 11.7. The molecule has 0 fully saturated rings. The van der Waals surface area contributed by atoms with E-state index in [1.807, 2.05) is 91.0 Å². The molecule has 0 aliphatic heterocycles. The van der Waals surface area contributed by atoms with Crippen molar-refractivity contribution < 1.29 is 4.42 Å². The highest BCUT2D eigenvalue weighted by molar-refractivity contribution is 7.26. The molecule has 0 aliphatic carbocycles. The summed E-state index contributed by atoms with van der Waals surface area (Å²) >= 11 is 1.75. The highest BCUT2D eigenvalue weighted by Crippen LogP contribution is 2.43. The molecule has 9 rings (SSSR count). The van der Waals surface area contributed by atoms with Crippen LogP contribution < -0.4 is 0 Å². The van der Waals surface area contributed by atoms with Gasteiger partial charge in [-0.2, -0.15) is 0 Å². The number of rotatable bonds is 4. The van der Waals surface area contributed by atoms with Crippen LogP contribution in [-0.4, -0.2) is 19.9 Å². The minimum Gasteiger partial charge on any atom is -0.435 e. The average molecular weight is 583 g/mol. The summed E-state index contributed by atoms with van der Waals surface area (Å²) in [6.07, 6.45) is 0. The van der Waals surface area contributed by atoms with Crippen molar-refractivity contribution in [2.75, 3.05) is 0 Å². The van der Waals surface area contributed by atoms with E-state index in [9.17, 15) is 0 Å². The van der Waals surface area contributed by atoms with Crippen molar-refractivity contribution in [2.45, 2.75) is 0 Å². The summed E-state index contributed by atoms with van der Waals surface area (Å²) in [4.78, 5) is 19.5. The third-order valence-corrected chi connectivity index (χ3v) is 9.12. The summed E-state index contributed by atoms with van der Waals surface area (Å²) in [6, 6.07) is 45.3. The second kappa shape index (κ2) is 9.93. The van der Waals surface area contributed by atoms with Crippen molar-refractivity contribution in [3.05, 3.63) is 133 Å². The van der Waals surface area contributed by atoms with Crippen LogP contribution in [0.25, 0.3) is 87.7 Å². The molecule has 6 heteroatoms. The predicted octanol–water partition coefficient (Wildman–Crippen LogP) is 10.2. The summed E-state index contributed by atoms with van der Waals surface area (Å²) < 4.78 is 8.68. The van der Waals surface area contributed by atoms with E-state index in [1.54, 1.807) is 11.3 Å². The zero-order valence-electron chi connectivity index (χ0n) is 23.3. The predicted molar refractivity (Wildman–Crippen MR) is 180 cm³/mol. The van der Waals surface area contributed by atoms with Crippen molar-refractivity contribution in [1.82, 2.24) is 19.9 Å². The van der Waals surface area contributed by atoms with Gasteiger partial charge in [-0.1, -0.05) is 103 Å². The van der Waals surface area contributed by atoms with Gasteiger partial charge in [-0.25, -0.2) is 19.9 Å². The number of hydrogen-bond donors (Lipinski definition) is 0. The molecule has 0 aliphatic rings. The van der Waals surface area contributed by atoms with E-state index in [2.05, 4.69) is 42.5 Å². The molecule has 206 valence electrons. The Morgan fingerprint density at radius 2 is 1.07 bits per heavy atom. The van der Waals surface area contributed by atoms with Gasteiger partial charge in [0.1, 0.15) is 5.52 Å². The van der Waals surface area contributed by atoms with Gasteiger partial charge in [-0.3, -0.25) is 0 Å². The van der Waals surface area contributed by atoms with E-state index in [0.29, 0.717) is 23.4 Å². The number of fused-ring (bicyclic) bond motifs is 7. The van der Waals surface area contributed by atoms with Crippen molar-refractivity contribution in [3.63, 3.8) is 0 Å². The maximum absolute atomic E-state index is 6.36. The molecule has 3 aromatic heterocycles. The average Bonchev–Trinajstić information content (AvgIpc) is 3.71. The minimum absolute atomic E-state index is 0.641. The largest absolute Gasteiger partial charge is 0.435 e. The number of benzene rings is 6. The lowest BCUT2D eigenvalue weighted by Gasteiger charge is -2.09. The number of thiophene rings is 1. The third-order valence-electron chi connectivity index (χ3n) is 7.95. The van der Waals surface area contributed by atoms with Crippen LogP contribution >= 0.6 is 11.3 Å². The standard InChI is InChI=1S/C38H22N4OS/c1-4-10-23(11-5-1)35-40-36(24-12-6-2-7-13-24)42-37(41-35)27-16-18-28-26(22-27)17-21-31-32(28)29-19-20-30-33(34(29)44-31)43-38(39-30)25-14-8-3-9-15-25/h1-22H. The van der Waals surface area contributed by atoms with Gasteiger partial charge in [0.25, 0.3) is 0 Å². The molecule has 0 amide bonds. The number of aromatic nitrogens is 4. The van der Waals surface area contributed by atoms with Crippen LogP contribution in [0.5, 0.6) is 0 Å². The molecule has 0 saturated heterocycles. The van der Waals surface area contributed by atoms with Gasteiger partial charge in [-0.05, 0) is 41.1 Å². The smallest absolute Gasteiger partial charge is 0.227 e. The van der Waals surface area contributed by atoms with E-state index in [-0.39, 0.29) is 0 Å². The fourth-order valence-electron chi connectivity index (χ4n) is 5.83. The van der Waals surface area contributed by atoms with Crippen LogP contribution in [0.2, 0.25) is 0 Å². The Balaban J connectivity index is 1.21. The zero-order chi connectivity index (χ0) is 29.0. The number of hydrogen-bond acceptors (Lipinski definition) is 6. The Morgan fingerprint density at radius 1 is 0.477 bits per heavy atom.